The van der Waals surface area contributed by atoms with E-state index in [4.69, 9.17) is 0 Å². The topological polar surface area (TPSA) is 61.4 Å². The quantitative estimate of drug-likeness (QED) is 0.641. The third-order valence-electron chi connectivity index (χ3n) is 4.71. The van der Waals surface area contributed by atoms with Crippen LogP contribution in [0.3, 0.4) is 0 Å². The first-order valence-electron chi connectivity index (χ1n) is 9.21. The number of hydrogen-bond donors (Lipinski definition) is 2. The van der Waals surface area contributed by atoms with Gasteiger partial charge in [0.15, 0.2) is 0 Å². The van der Waals surface area contributed by atoms with E-state index in [-0.39, 0.29) is 18.2 Å². The van der Waals surface area contributed by atoms with Gasteiger partial charge >= 0.3 is 0 Å². The molecule has 7 heteroatoms. The van der Waals surface area contributed by atoms with Crippen molar-refractivity contribution >= 4 is 45.9 Å². The van der Waals surface area contributed by atoms with Gasteiger partial charge in [0.25, 0.3) is 5.91 Å². The molecule has 4 rings (SSSR count). The van der Waals surface area contributed by atoms with Gasteiger partial charge in [-0.05, 0) is 47.0 Å². The molecule has 0 bridgehead atoms. The van der Waals surface area contributed by atoms with Crippen molar-refractivity contribution in [2.24, 2.45) is 0 Å². The van der Waals surface area contributed by atoms with Gasteiger partial charge in [-0.3, -0.25) is 9.59 Å². The van der Waals surface area contributed by atoms with Crippen LogP contribution in [-0.2, 0) is 17.8 Å². The molecule has 0 radical (unpaired) electrons. The molecule has 0 atom stereocenters. The Morgan fingerprint density at radius 3 is 2.79 bits per heavy atom. The fraction of sp³-hybridized carbons (Fsp3) is 0.238. The second-order valence-corrected chi connectivity index (χ2v) is 8.54. The van der Waals surface area contributed by atoms with Crippen molar-refractivity contribution in [2.45, 2.75) is 19.4 Å². The third kappa shape index (κ3) is 4.26. The number of fused-ring (bicyclic) bond motifs is 1. The summed E-state index contributed by atoms with van der Waals surface area (Å²) < 4.78 is 0. The van der Waals surface area contributed by atoms with Crippen LogP contribution < -0.4 is 15.5 Å². The average molecular weight is 412 g/mol. The van der Waals surface area contributed by atoms with Crippen molar-refractivity contribution in [1.82, 2.24) is 5.32 Å². The number of anilines is 2. The monoisotopic (exact) mass is 411 g/mol. The van der Waals surface area contributed by atoms with Crippen LogP contribution in [0, 0.1) is 0 Å². The Morgan fingerprint density at radius 2 is 1.93 bits per heavy atom. The van der Waals surface area contributed by atoms with Crippen LogP contribution in [0.4, 0.5) is 11.4 Å². The maximum Gasteiger partial charge on any atom is 0.261 e. The lowest BCUT2D eigenvalue weighted by atomic mass is 10.1. The summed E-state index contributed by atoms with van der Waals surface area (Å²) in [5.41, 5.74) is 3.22. The van der Waals surface area contributed by atoms with Crippen molar-refractivity contribution in [1.29, 1.82) is 0 Å². The lowest BCUT2D eigenvalue weighted by Crippen LogP contribution is -2.31. The lowest BCUT2D eigenvalue weighted by molar-refractivity contribution is -0.116. The first-order chi connectivity index (χ1) is 13.7. The fourth-order valence-corrected chi connectivity index (χ4v) is 4.84. The molecule has 5 nitrogen and oxygen atoms in total. The van der Waals surface area contributed by atoms with Crippen LogP contribution in [0.15, 0.2) is 53.2 Å². The molecule has 1 aliphatic rings. The predicted molar refractivity (Wildman–Crippen MR) is 115 cm³/mol. The molecular formula is C21H21N3O2S2. The molecule has 144 valence electrons. The Labute approximate surface area is 172 Å². The molecule has 0 saturated carbocycles. The van der Waals surface area contributed by atoms with Gasteiger partial charge in [-0.2, -0.15) is 0 Å². The molecule has 0 spiro atoms. The smallest absolute Gasteiger partial charge is 0.261 e. The summed E-state index contributed by atoms with van der Waals surface area (Å²) in [7, 11) is 0. The molecule has 28 heavy (non-hydrogen) atoms. The van der Waals surface area contributed by atoms with E-state index in [1.807, 2.05) is 47.0 Å². The number of amides is 2. The molecular weight excluding hydrogens is 390 g/mol. The molecule has 1 aromatic carbocycles. The Balaban J connectivity index is 1.35. The molecule has 0 saturated heterocycles. The van der Waals surface area contributed by atoms with Crippen LogP contribution in [-0.4, -0.2) is 24.9 Å². The van der Waals surface area contributed by atoms with E-state index in [9.17, 15) is 9.59 Å². The summed E-state index contributed by atoms with van der Waals surface area (Å²) in [6.45, 7) is 2.12. The standard InChI is InChI=1S/C21H21N3O2S2/c25-20(7-10-22-21(26)19-6-3-12-27-19)23-16-4-1-2-5-17(16)24-11-8-18-15(14-24)9-13-28-18/h1-6,9,12-13H,7-8,10-11,14H2,(H,22,26)(H,23,25). The van der Waals surface area contributed by atoms with E-state index in [1.54, 1.807) is 6.07 Å². The second-order valence-electron chi connectivity index (χ2n) is 6.59. The zero-order chi connectivity index (χ0) is 19.3. The van der Waals surface area contributed by atoms with Gasteiger partial charge in [-0.15, -0.1) is 22.7 Å². The SMILES string of the molecule is O=C(CCNC(=O)c1cccs1)Nc1ccccc1N1CCc2sccc2C1. The first-order valence-corrected chi connectivity index (χ1v) is 11.0. The van der Waals surface area contributed by atoms with Gasteiger partial charge < -0.3 is 15.5 Å². The van der Waals surface area contributed by atoms with Crippen LogP contribution in [0.5, 0.6) is 0 Å². The van der Waals surface area contributed by atoms with Gasteiger partial charge in [-0.1, -0.05) is 18.2 Å². The molecule has 0 aliphatic carbocycles. The normalized spacial score (nSPS) is 13.1. The summed E-state index contributed by atoms with van der Waals surface area (Å²) >= 11 is 3.21. The number of thiophene rings is 2. The van der Waals surface area contributed by atoms with Crippen molar-refractivity contribution in [3.63, 3.8) is 0 Å². The number of benzene rings is 1. The number of rotatable bonds is 6. The second kappa shape index (κ2) is 8.58. The maximum atomic E-state index is 12.4. The summed E-state index contributed by atoms with van der Waals surface area (Å²) in [6, 6.07) is 13.7. The van der Waals surface area contributed by atoms with Gasteiger partial charge in [0.1, 0.15) is 0 Å². The summed E-state index contributed by atoms with van der Waals surface area (Å²) in [6.07, 6.45) is 1.27. The van der Waals surface area contributed by atoms with Gasteiger partial charge in [0.05, 0.1) is 16.3 Å². The Morgan fingerprint density at radius 1 is 1.04 bits per heavy atom. The zero-order valence-electron chi connectivity index (χ0n) is 15.3. The van der Waals surface area contributed by atoms with Gasteiger partial charge in [0, 0.05) is 30.9 Å². The number of carbonyl (C=O) groups excluding carboxylic acids is 2. The van der Waals surface area contributed by atoms with Crippen LogP contribution >= 0.6 is 22.7 Å². The average Bonchev–Trinajstić information content (AvgIpc) is 3.39. The maximum absolute atomic E-state index is 12.4. The Bertz CT molecular complexity index is 966. The zero-order valence-corrected chi connectivity index (χ0v) is 16.9. The molecule has 3 heterocycles. The van der Waals surface area contributed by atoms with E-state index < -0.39 is 0 Å². The molecule has 2 aromatic heterocycles. The lowest BCUT2D eigenvalue weighted by Gasteiger charge is -2.30. The minimum atomic E-state index is -0.136. The highest BCUT2D eigenvalue weighted by atomic mass is 32.1. The molecule has 0 fully saturated rings. The van der Waals surface area contributed by atoms with Crippen molar-refractivity contribution in [3.8, 4) is 0 Å². The third-order valence-corrected chi connectivity index (χ3v) is 6.60. The van der Waals surface area contributed by atoms with E-state index in [2.05, 4.69) is 27.0 Å². The largest absolute Gasteiger partial charge is 0.365 e. The minimum Gasteiger partial charge on any atom is -0.365 e. The Hall–Kier alpha value is -2.64. The van der Waals surface area contributed by atoms with Crippen molar-refractivity contribution in [3.05, 3.63) is 68.5 Å². The van der Waals surface area contributed by atoms with E-state index >= 15 is 0 Å². The van der Waals surface area contributed by atoms with Gasteiger partial charge in [-0.25, -0.2) is 0 Å². The van der Waals surface area contributed by atoms with E-state index in [0.717, 1.165) is 30.9 Å². The number of carbonyl (C=O) groups is 2. The summed E-state index contributed by atoms with van der Waals surface area (Å²) in [5, 5.41) is 9.80. The molecule has 0 unspecified atom stereocenters. The van der Waals surface area contributed by atoms with Gasteiger partial charge in [0.2, 0.25) is 5.91 Å². The highest BCUT2D eigenvalue weighted by Crippen LogP contribution is 2.32. The van der Waals surface area contributed by atoms with Crippen LogP contribution in [0.25, 0.3) is 0 Å². The van der Waals surface area contributed by atoms with Crippen LogP contribution in [0.1, 0.15) is 26.5 Å². The molecule has 2 N–H and O–H groups in total. The van der Waals surface area contributed by atoms with E-state index in [0.29, 0.717) is 11.4 Å². The fourth-order valence-electron chi connectivity index (χ4n) is 3.31. The number of hydrogen-bond acceptors (Lipinski definition) is 5. The predicted octanol–water partition coefficient (Wildman–Crippen LogP) is 4.13. The molecule has 3 aromatic rings. The molecule has 1 aliphatic heterocycles. The van der Waals surface area contributed by atoms with Crippen LogP contribution in [0.2, 0.25) is 0 Å². The summed E-state index contributed by atoms with van der Waals surface area (Å²) in [5.74, 6) is -0.241. The highest BCUT2D eigenvalue weighted by Gasteiger charge is 2.20. The van der Waals surface area contributed by atoms with Crippen molar-refractivity contribution in [2.75, 3.05) is 23.3 Å². The summed E-state index contributed by atoms with van der Waals surface area (Å²) in [4.78, 5) is 28.8. The number of para-hydroxylation sites is 2. The van der Waals surface area contributed by atoms with E-state index in [1.165, 1.54) is 21.8 Å². The number of nitrogens with one attached hydrogen (secondary N) is 2. The molecule has 2 amide bonds. The number of nitrogens with zero attached hydrogens (tertiary/aromatic N) is 1. The van der Waals surface area contributed by atoms with Crippen molar-refractivity contribution < 1.29 is 9.59 Å². The Kier molecular flexibility index (Phi) is 5.73. The highest BCUT2D eigenvalue weighted by molar-refractivity contribution is 7.12. The first kappa shape index (κ1) is 18.7. The minimum absolute atomic E-state index is 0.104.